The molecule has 2 N–H and O–H groups in total. The van der Waals surface area contributed by atoms with Gasteiger partial charge in [0.1, 0.15) is 5.75 Å². The molecule has 4 nitrogen and oxygen atoms in total. The lowest BCUT2D eigenvalue weighted by Gasteiger charge is -2.25. The molecule has 2 aromatic rings. The van der Waals surface area contributed by atoms with E-state index in [0.717, 1.165) is 42.7 Å². The number of halogens is 3. The van der Waals surface area contributed by atoms with Crippen LogP contribution in [-0.2, 0) is 0 Å². The molecule has 0 aliphatic heterocycles. The Hall–Kier alpha value is -2.19. The SMILES string of the molecule is COc1ccc(C(=O)Nc2cc(F)c(F)c(F)c2)cc1SC1CCC(O)CC1. The first-order chi connectivity index (χ1) is 13.4. The van der Waals surface area contributed by atoms with Crippen LogP contribution in [-0.4, -0.2) is 29.5 Å². The van der Waals surface area contributed by atoms with E-state index in [9.17, 15) is 23.1 Å². The molecule has 1 fully saturated rings. The van der Waals surface area contributed by atoms with Crippen molar-refractivity contribution in [2.45, 2.75) is 41.9 Å². The summed E-state index contributed by atoms with van der Waals surface area (Å²) in [6, 6.07) is 6.30. The highest BCUT2D eigenvalue weighted by atomic mass is 32.2. The summed E-state index contributed by atoms with van der Waals surface area (Å²) in [4.78, 5) is 13.2. The lowest BCUT2D eigenvalue weighted by atomic mass is 9.97. The molecule has 0 atom stereocenters. The van der Waals surface area contributed by atoms with E-state index in [2.05, 4.69) is 5.32 Å². The summed E-state index contributed by atoms with van der Waals surface area (Å²) >= 11 is 1.58. The van der Waals surface area contributed by atoms with Crippen LogP contribution in [0.4, 0.5) is 18.9 Å². The Kier molecular flexibility index (Phi) is 6.51. The van der Waals surface area contributed by atoms with E-state index < -0.39 is 23.4 Å². The molecule has 1 saturated carbocycles. The largest absolute Gasteiger partial charge is 0.496 e. The molecule has 8 heteroatoms. The highest BCUT2D eigenvalue weighted by molar-refractivity contribution is 8.00. The van der Waals surface area contributed by atoms with Crippen molar-refractivity contribution in [2.75, 3.05) is 12.4 Å². The summed E-state index contributed by atoms with van der Waals surface area (Å²) in [5.41, 5.74) is 0.108. The van der Waals surface area contributed by atoms with Crippen LogP contribution in [0.2, 0.25) is 0 Å². The molecule has 1 amide bonds. The summed E-state index contributed by atoms with van der Waals surface area (Å²) in [5.74, 6) is -4.29. The molecular formula is C20H20F3NO3S. The lowest BCUT2D eigenvalue weighted by Crippen LogP contribution is -2.19. The number of hydrogen-bond donors (Lipinski definition) is 2. The van der Waals surface area contributed by atoms with Gasteiger partial charge in [0.15, 0.2) is 17.5 Å². The number of methoxy groups -OCH3 is 1. The number of nitrogens with one attached hydrogen (secondary N) is 1. The third-order valence-electron chi connectivity index (χ3n) is 4.60. The molecule has 28 heavy (non-hydrogen) atoms. The van der Waals surface area contributed by atoms with Crippen molar-refractivity contribution in [3.8, 4) is 5.75 Å². The molecule has 0 saturated heterocycles. The zero-order valence-electron chi connectivity index (χ0n) is 15.2. The van der Waals surface area contributed by atoms with E-state index in [0.29, 0.717) is 11.0 Å². The molecule has 0 radical (unpaired) electrons. The first-order valence-corrected chi connectivity index (χ1v) is 9.74. The van der Waals surface area contributed by atoms with E-state index in [1.165, 1.54) is 7.11 Å². The summed E-state index contributed by atoms with van der Waals surface area (Å²) < 4.78 is 45.1. The second-order valence-electron chi connectivity index (χ2n) is 6.62. The van der Waals surface area contributed by atoms with Gasteiger partial charge in [0.05, 0.1) is 18.1 Å². The minimum atomic E-state index is -1.58. The molecule has 1 aliphatic carbocycles. The van der Waals surface area contributed by atoms with Gasteiger partial charge < -0.3 is 15.2 Å². The molecule has 0 spiro atoms. The van der Waals surface area contributed by atoms with Crippen LogP contribution in [0, 0.1) is 17.5 Å². The highest BCUT2D eigenvalue weighted by Crippen LogP contribution is 2.38. The standard InChI is InChI=1S/C20H20F3NO3S/c1-27-17-7-2-11(8-18(17)28-14-5-3-13(25)4-6-14)20(26)24-12-9-15(21)19(23)16(22)10-12/h2,7-10,13-14,25H,3-6H2,1H3,(H,24,26). The molecule has 0 aromatic heterocycles. The van der Waals surface area contributed by atoms with Gasteiger partial charge in [0.2, 0.25) is 0 Å². The van der Waals surface area contributed by atoms with Crippen LogP contribution in [0.3, 0.4) is 0 Å². The monoisotopic (exact) mass is 411 g/mol. The highest BCUT2D eigenvalue weighted by Gasteiger charge is 2.22. The van der Waals surface area contributed by atoms with Gasteiger partial charge >= 0.3 is 0 Å². The Morgan fingerprint density at radius 1 is 1.11 bits per heavy atom. The van der Waals surface area contributed by atoms with Crippen LogP contribution in [0.5, 0.6) is 5.75 Å². The van der Waals surface area contributed by atoms with Crippen LogP contribution in [0.25, 0.3) is 0 Å². The Labute approximate surface area is 165 Å². The smallest absolute Gasteiger partial charge is 0.255 e. The van der Waals surface area contributed by atoms with Crippen LogP contribution in [0.1, 0.15) is 36.0 Å². The number of aliphatic hydroxyl groups is 1. The topological polar surface area (TPSA) is 58.6 Å². The van der Waals surface area contributed by atoms with Crippen LogP contribution < -0.4 is 10.1 Å². The molecule has 3 rings (SSSR count). The maximum absolute atomic E-state index is 13.3. The fourth-order valence-electron chi connectivity index (χ4n) is 3.08. The van der Waals surface area contributed by atoms with E-state index in [1.807, 2.05) is 0 Å². The molecule has 150 valence electrons. The van der Waals surface area contributed by atoms with E-state index in [4.69, 9.17) is 4.74 Å². The normalized spacial score (nSPS) is 19.3. The average molecular weight is 411 g/mol. The van der Waals surface area contributed by atoms with Crippen molar-refractivity contribution in [2.24, 2.45) is 0 Å². The van der Waals surface area contributed by atoms with Gasteiger partial charge in [-0.15, -0.1) is 11.8 Å². The van der Waals surface area contributed by atoms with Gasteiger partial charge in [-0.2, -0.15) is 0 Å². The van der Waals surface area contributed by atoms with Gasteiger partial charge in [-0.1, -0.05) is 0 Å². The van der Waals surface area contributed by atoms with E-state index in [1.54, 1.807) is 30.0 Å². The van der Waals surface area contributed by atoms with Gasteiger partial charge in [0, 0.05) is 28.6 Å². The zero-order chi connectivity index (χ0) is 20.3. The maximum atomic E-state index is 13.3. The third kappa shape index (κ3) is 4.80. The summed E-state index contributed by atoms with van der Waals surface area (Å²) in [6.07, 6.45) is 2.94. The molecule has 1 aliphatic rings. The maximum Gasteiger partial charge on any atom is 0.255 e. The number of rotatable bonds is 5. The number of thioether (sulfide) groups is 1. The predicted octanol–water partition coefficient (Wildman–Crippen LogP) is 4.76. The minimum absolute atomic E-state index is 0.173. The van der Waals surface area contributed by atoms with Gasteiger partial charge in [-0.3, -0.25) is 4.79 Å². The number of ether oxygens (including phenoxy) is 1. The van der Waals surface area contributed by atoms with Gasteiger partial charge in [0.25, 0.3) is 5.91 Å². The number of carbonyl (C=O) groups excluding carboxylic acids is 1. The Morgan fingerprint density at radius 2 is 1.75 bits per heavy atom. The zero-order valence-corrected chi connectivity index (χ0v) is 16.0. The van der Waals surface area contributed by atoms with Crippen molar-refractivity contribution < 1.29 is 27.8 Å². The molecule has 0 bridgehead atoms. The minimum Gasteiger partial charge on any atom is -0.496 e. The predicted molar refractivity (Wildman–Crippen MR) is 101 cm³/mol. The second-order valence-corrected chi connectivity index (χ2v) is 7.96. The fraction of sp³-hybridized carbons (Fsp3) is 0.350. The number of amides is 1. The van der Waals surface area contributed by atoms with Crippen LogP contribution in [0.15, 0.2) is 35.2 Å². The van der Waals surface area contributed by atoms with Gasteiger partial charge in [-0.05, 0) is 43.9 Å². The third-order valence-corrected chi connectivity index (χ3v) is 5.98. The van der Waals surface area contributed by atoms with Crippen molar-refractivity contribution in [1.82, 2.24) is 0 Å². The quantitative estimate of drug-likeness (QED) is 0.697. The summed E-state index contributed by atoms with van der Waals surface area (Å²) in [6.45, 7) is 0. The Morgan fingerprint density at radius 3 is 2.36 bits per heavy atom. The first-order valence-electron chi connectivity index (χ1n) is 8.86. The number of anilines is 1. The Bertz CT molecular complexity index is 847. The molecular weight excluding hydrogens is 391 g/mol. The number of hydrogen-bond acceptors (Lipinski definition) is 4. The van der Waals surface area contributed by atoms with Crippen molar-refractivity contribution in [3.63, 3.8) is 0 Å². The molecule has 0 heterocycles. The van der Waals surface area contributed by atoms with E-state index in [-0.39, 0.29) is 17.4 Å². The van der Waals surface area contributed by atoms with Crippen molar-refractivity contribution >= 4 is 23.4 Å². The lowest BCUT2D eigenvalue weighted by molar-refractivity contribution is 0.102. The van der Waals surface area contributed by atoms with Crippen molar-refractivity contribution in [1.29, 1.82) is 0 Å². The second kappa shape index (κ2) is 8.87. The number of benzene rings is 2. The van der Waals surface area contributed by atoms with Crippen molar-refractivity contribution in [3.05, 3.63) is 53.3 Å². The fourth-order valence-corrected chi connectivity index (χ4v) is 4.41. The van der Waals surface area contributed by atoms with E-state index >= 15 is 0 Å². The average Bonchev–Trinajstić information content (AvgIpc) is 2.67. The van der Waals surface area contributed by atoms with Gasteiger partial charge in [-0.25, -0.2) is 13.2 Å². The number of aliphatic hydroxyl groups excluding tert-OH is 1. The molecule has 0 unspecified atom stereocenters. The summed E-state index contributed by atoms with van der Waals surface area (Å²) in [5, 5.41) is 12.3. The Balaban J connectivity index is 1.77. The molecule has 2 aromatic carbocycles. The number of carbonyl (C=O) groups is 1. The first kappa shape index (κ1) is 20.5. The summed E-state index contributed by atoms with van der Waals surface area (Å²) in [7, 11) is 1.54. The van der Waals surface area contributed by atoms with Crippen LogP contribution >= 0.6 is 11.8 Å².